The Labute approximate surface area is 135 Å². The minimum Gasteiger partial charge on any atom is -0.465 e. The molecule has 0 radical (unpaired) electrons. The van der Waals surface area contributed by atoms with Crippen molar-refractivity contribution in [2.45, 2.75) is 6.92 Å². The van der Waals surface area contributed by atoms with E-state index in [1.54, 1.807) is 12.3 Å². The second kappa shape index (κ2) is 7.33. The number of ether oxygens (including phenoxy) is 1. The summed E-state index contributed by atoms with van der Waals surface area (Å²) in [7, 11) is 0. The number of pyridine rings is 1. The van der Waals surface area contributed by atoms with E-state index >= 15 is 0 Å². The van der Waals surface area contributed by atoms with Gasteiger partial charge < -0.3 is 4.74 Å². The lowest BCUT2D eigenvalue weighted by Gasteiger charge is -2.20. The molecule has 22 heavy (non-hydrogen) atoms. The molecule has 2 aromatic heterocycles. The van der Waals surface area contributed by atoms with E-state index in [-0.39, 0.29) is 19.0 Å². The average Bonchev–Trinajstić information content (AvgIpc) is 2.92. The van der Waals surface area contributed by atoms with Crippen molar-refractivity contribution in [3.05, 3.63) is 45.5 Å². The zero-order valence-electron chi connectivity index (χ0n) is 11.6. The van der Waals surface area contributed by atoms with Crippen LogP contribution in [0.5, 0.6) is 0 Å². The topological polar surface area (TPSA) is 59.5 Å². The maximum atomic E-state index is 13.0. The van der Waals surface area contributed by atoms with Crippen LogP contribution in [0.2, 0.25) is 4.34 Å². The lowest BCUT2D eigenvalue weighted by Crippen LogP contribution is -2.37. The molecule has 0 aliphatic carbocycles. The summed E-state index contributed by atoms with van der Waals surface area (Å²) in [6.45, 7) is 1.54. The van der Waals surface area contributed by atoms with Crippen molar-refractivity contribution in [3.63, 3.8) is 0 Å². The van der Waals surface area contributed by atoms with Gasteiger partial charge in [0, 0.05) is 5.38 Å². The van der Waals surface area contributed by atoms with Gasteiger partial charge in [0.25, 0.3) is 5.91 Å². The van der Waals surface area contributed by atoms with Gasteiger partial charge in [-0.05, 0) is 25.1 Å². The minimum absolute atomic E-state index is 0.154. The van der Waals surface area contributed by atoms with Crippen molar-refractivity contribution >= 4 is 40.6 Å². The van der Waals surface area contributed by atoms with Gasteiger partial charge in [-0.15, -0.1) is 11.3 Å². The van der Waals surface area contributed by atoms with Crippen LogP contribution in [0.1, 0.15) is 17.3 Å². The van der Waals surface area contributed by atoms with Crippen molar-refractivity contribution < 1.29 is 18.7 Å². The summed E-state index contributed by atoms with van der Waals surface area (Å²) in [4.78, 5) is 29.2. The van der Waals surface area contributed by atoms with Crippen LogP contribution in [-0.2, 0) is 9.53 Å². The van der Waals surface area contributed by atoms with Crippen LogP contribution >= 0.6 is 22.9 Å². The molecule has 2 aromatic rings. The highest BCUT2D eigenvalue weighted by Crippen LogP contribution is 2.23. The molecule has 0 saturated carbocycles. The Morgan fingerprint density at radius 2 is 2.23 bits per heavy atom. The van der Waals surface area contributed by atoms with Crippen molar-refractivity contribution in [1.82, 2.24) is 4.98 Å². The molecule has 8 heteroatoms. The van der Waals surface area contributed by atoms with Gasteiger partial charge >= 0.3 is 5.97 Å². The Morgan fingerprint density at radius 1 is 1.45 bits per heavy atom. The molecule has 0 atom stereocenters. The summed E-state index contributed by atoms with van der Waals surface area (Å²) in [5.41, 5.74) is 0.324. The number of esters is 1. The predicted molar refractivity (Wildman–Crippen MR) is 81.8 cm³/mol. The second-order valence-corrected chi connectivity index (χ2v) is 5.71. The SMILES string of the molecule is CCOC(=O)CN(C(=O)c1csc(Cl)c1)c1ccc(F)cn1. The normalized spacial score (nSPS) is 10.3. The highest BCUT2D eigenvalue weighted by Gasteiger charge is 2.23. The predicted octanol–water partition coefficient (Wildman–Crippen LogP) is 3.15. The number of carbonyl (C=O) groups is 2. The Kier molecular flexibility index (Phi) is 5.46. The standard InChI is InChI=1S/C14H12ClFN2O3S/c1-2-21-13(19)7-18(12-4-3-10(16)6-17-12)14(20)9-5-11(15)22-8-9/h3-6,8H,2,7H2,1H3. The number of anilines is 1. The first-order valence-electron chi connectivity index (χ1n) is 6.34. The second-order valence-electron chi connectivity index (χ2n) is 4.17. The number of amides is 1. The van der Waals surface area contributed by atoms with E-state index in [0.29, 0.717) is 9.90 Å². The molecular weight excluding hydrogens is 331 g/mol. The summed E-state index contributed by atoms with van der Waals surface area (Å²) in [6.07, 6.45) is 0.974. The van der Waals surface area contributed by atoms with Crippen molar-refractivity contribution in [1.29, 1.82) is 0 Å². The van der Waals surface area contributed by atoms with E-state index in [0.717, 1.165) is 17.2 Å². The third kappa shape index (κ3) is 4.02. The number of halogens is 2. The highest BCUT2D eigenvalue weighted by atomic mass is 35.5. The molecule has 5 nitrogen and oxygen atoms in total. The monoisotopic (exact) mass is 342 g/mol. The van der Waals surface area contributed by atoms with Crippen molar-refractivity contribution in [3.8, 4) is 0 Å². The molecular formula is C14H12ClFN2O3S. The molecule has 0 saturated heterocycles. The van der Waals surface area contributed by atoms with E-state index in [9.17, 15) is 14.0 Å². The maximum Gasteiger partial charge on any atom is 0.326 e. The average molecular weight is 343 g/mol. The van der Waals surface area contributed by atoms with Gasteiger partial charge in [-0.3, -0.25) is 14.5 Å². The van der Waals surface area contributed by atoms with Crippen LogP contribution in [0.4, 0.5) is 10.2 Å². The Bertz CT molecular complexity index is 675. The Hall–Kier alpha value is -1.99. The fourth-order valence-electron chi connectivity index (χ4n) is 1.70. The van der Waals surface area contributed by atoms with Gasteiger partial charge in [-0.25, -0.2) is 9.37 Å². The number of rotatable bonds is 5. The maximum absolute atomic E-state index is 13.0. The summed E-state index contributed by atoms with van der Waals surface area (Å²) in [5.74, 6) is -1.42. The number of hydrogen-bond acceptors (Lipinski definition) is 5. The number of hydrogen-bond donors (Lipinski definition) is 0. The first-order valence-corrected chi connectivity index (χ1v) is 7.60. The first kappa shape index (κ1) is 16.4. The number of thiophene rings is 1. The number of aromatic nitrogens is 1. The zero-order valence-corrected chi connectivity index (χ0v) is 13.2. The van der Waals surface area contributed by atoms with E-state index in [1.165, 1.54) is 23.5 Å². The lowest BCUT2D eigenvalue weighted by atomic mass is 10.3. The Balaban J connectivity index is 2.30. The summed E-state index contributed by atoms with van der Waals surface area (Å²) < 4.78 is 18.3. The van der Waals surface area contributed by atoms with Gasteiger partial charge in [-0.2, -0.15) is 0 Å². The molecule has 0 bridgehead atoms. The first-order chi connectivity index (χ1) is 10.5. The van der Waals surface area contributed by atoms with Crippen molar-refractivity contribution in [2.75, 3.05) is 18.1 Å². The largest absolute Gasteiger partial charge is 0.465 e. The molecule has 2 rings (SSSR count). The van der Waals surface area contributed by atoms with E-state index in [1.807, 2.05) is 0 Å². The quantitative estimate of drug-likeness (QED) is 0.783. The fraction of sp³-hybridized carbons (Fsp3) is 0.214. The van der Waals surface area contributed by atoms with Crippen LogP contribution < -0.4 is 4.90 Å². The third-order valence-electron chi connectivity index (χ3n) is 2.64. The van der Waals surface area contributed by atoms with Gasteiger partial charge in [0.15, 0.2) is 0 Å². The molecule has 2 heterocycles. The summed E-state index contributed by atoms with van der Waals surface area (Å²) in [5, 5.41) is 1.58. The minimum atomic E-state index is -0.580. The molecule has 0 aliphatic heterocycles. The van der Waals surface area contributed by atoms with Gasteiger partial charge in [0.1, 0.15) is 18.2 Å². The molecule has 0 unspecified atom stereocenters. The number of carbonyl (C=O) groups excluding carboxylic acids is 2. The molecule has 1 amide bonds. The van der Waals surface area contributed by atoms with Crippen LogP contribution in [0.3, 0.4) is 0 Å². The highest BCUT2D eigenvalue weighted by molar-refractivity contribution is 7.14. The summed E-state index contributed by atoms with van der Waals surface area (Å²) >= 11 is 7.02. The van der Waals surface area contributed by atoms with Gasteiger partial charge in [0.2, 0.25) is 0 Å². The van der Waals surface area contributed by atoms with E-state index in [2.05, 4.69) is 4.98 Å². The Morgan fingerprint density at radius 3 is 2.77 bits per heavy atom. The number of nitrogens with zero attached hydrogens (tertiary/aromatic N) is 2. The van der Waals surface area contributed by atoms with E-state index in [4.69, 9.17) is 16.3 Å². The zero-order chi connectivity index (χ0) is 16.1. The van der Waals surface area contributed by atoms with E-state index < -0.39 is 17.7 Å². The molecule has 0 fully saturated rings. The van der Waals surface area contributed by atoms with Crippen molar-refractivity contribution in [2.24, 2.45) is 0 Å². The molecule has 0 aliphatic rings. The summed E-state index contributed by atoms with van der Waals surface area (Å²) in [6, 6.07) is 3.98. The smallest absolute Gasteiger partial charge is 0.326 e. The molecule has 0 spiro atoms. The molecule has 116 valence electrons. The van der Waals surface area contributed by atoms with Crippen LogP contribution in [0.15, 0.2) is 29.8 Å². The fourth-order valence-corrected chi connectivity index (χ4v) is 2.55. The third-order valence-corrected chi connectivity index (χ3v) is 3.73. The van der Waals surface area contributed by atoms with Crippen LogP contribution in [0, 0.1) is 5.82 Å². The van der Waals surface area contributed by atoms with Gasteiger partial charge in [-0.1, -0.05) is 11.6 Å². The molecule has 0 aromatic carbocycles. The van der Waals surface area contributed by atoms with Crippen LogP contribution in [-0.4, -0.2) is 30.0 Å². The van der Waals surface area contributed by atoms with Crippen LogP contribution in [0.25, 0.3) is 0 Å². The molecule has 0 N–H and O–H groups in total. The lowest BCUT2D eigenvalue weighted by molar-refractivity contribution is -0.141. The van der Waals surface area contributed by atoms with Gasteiger partial charge in [0.05, 0.1) is 22.7 Å².